The average Bonchev–Trinajstić information content (AvgIpc) is 2.75. The van der Waals surface area contributed by atoms with Crippen molar-refractivity contribution in [3.05, 3.63) is 0 Å². The van der Waals surface area contributed by atoms with Crippen LogP contribution in [-0.4, -0.2) is 36.2 Å². The summed E-state index contributed by atoms with van der Waals surface area (Å²) < 4.78 is 9.94. The molecule has 1 heterocycles. The Morgan fingerprint density at radius 1 is 1.40 bits per heavy atom. The molecule has 86 valence electrons. The number of nitrogens with one attached hydrogen (secondary N) is 1. The van der Waals surface area contributed by atoms with E-state index in [9.17, 15) is 9.59 Å². The topological polar surface area (TPSA) is 67.9 Å². The molecule has 1 fully saturated rings. The Morgan fingerprint density at radius 3 is 2.33 bits per heavy atom. The van der Waals surface area contributed by atoms with E-state index < -0.39 is 11.7 Å². The zero-order chi connectivity index (χ0) is 11.6. The predicted molar refractivity (Wildman–Crippen MR) is 53.6 cm³/mol. The molecule has 0 radical (unpaired) electrons. The van der Waals surface area contributed by atoms with Crippen LogP contribution in [-0.2, 0) is 14.3 Å². The molecule has 1 saturated heterocycles. The van der Waals surface area contributed by atoms with Gasteiger partial charge in [0.2, 0.25) is 0 Å². The number of rotatable bonds is 3. The van der Waals surface area contributed by atoms with Gasteiger partial charge >= 0.3 is 6.09 Å². The number of ketones is 1. The summed E-state index contributed by atoms with van der Waals surface area (Å²) in [4.78, 5) is 22.5. The van der Waals surface area contributed by atoms with E-state index in [2.05, 4.69) is 5.32 Å². The lowest BCUT2D eigenvalue weighted by Crippen LogP contribution is -2.36. The molecule has 1 N–H and O–H groups in total. The van der Waals surface area contributed by atoms with Crippen LogP contribution in [0.15, 0.2) is 0 Å². The van der Waals surface area contributed by atoms with Crippen molar-refractivity contribution < 1.29 is 19.1 Å². The maximum atomic E-state index is 11.3. The SMILES string of the molecule is CC1OC1C(=O)CNC(=O)OC(C)(C)C. The molecule has 1 rings (SSSR count). The van der Waals surface area contributed by atoms with Gasteiger partial charge < -0.3 is 14.8 Å². The number of ether oxygens (including phenoxy) is 2. The molecule has 1 amide bonds. The standard InChI is InChI=1S/C10H17NO4/c1-6-8(14-6)7(12)5-11-9(13)15-10(2,3)4/h6,8H,5H2,1-4H3,(H,11,13). The first kappa shape index (κ1) is 12.0. The van der Waals surface area contributed by atoms with Crippen molar-refractivity contribution in [3.63, 3.8) is 0 Å². The molecule has 1 aliphatic rings. The van der Waals surface area contributed by atoms with Gasteiger partial charge in [0.1, 0.15) is 11.7 Å². The van der Waals surface area contributed by atoms with Crippen LogP contribution in [0.4, 0.5) is 4.79 Å². The van der Waals surface area contributed by atoms with Crippen molar-refractivity contribution in [3.8, 4) is 0 Å². The molecule has 2 unspecified atom stereocenters. The van der Waals surface area contributed by atoms with E-state index in [1.165, 1.54) is 0 Å². The van der Waals surface area contributed by atoms with Gasteiger partial charge in [-0.25, -0.2) is 4.79 Å². The van der Waals surface area contributed by atoms with Crippen molar-refractivity contribution >= 4 is 11.9 Å². The minimum absolute atomic E-state index is 0.0158. The minimum Gasteiger partial charge on any atom is -0.444 e. The quantitative estimate of drug-likeness (QED) is 0.709. The first-order valence-corrected chi connectivity index (χ1v) is 4.94. The fourth-order valence-corrected chi connectivity index (χ4v) is 1.10. The fourth-order valence-electron chi connectivity index (χ4n) is 1.10. The number of amides is 1. The second-order valence-corrected chi connectivity index (χ2v) is 4.58. The van der Waals surface area contributed by atoms with Crippen LogP contribution in [0.2, 0.25) is 0 Å². The lowest BCUT2D eigenvalue weighted by Gasteiger charge is -2.19. The summed E-state index contributed by atoms with van der Waals surface area (Å²) in [5.74, 6) is -0.117. The van der Waals surface area contributed by atoms with Gasteiger partial charge in [-0.15, -0.1) is 0 Å². The van der Waals surface area contributed by atoms with Crippen molar-refractivity contribution in [2.75, 3.05) is 6.54 Å². The lowest BCUT2D eigenvalue weighted by molar-refractivity contribution is -0.119. The molecule has 0 spiro atoms. The Labute approximate surface area is 89.1 Å². The van der Waals surface area contributed by atoms with Gasteiger partial charge in [0.25, 0.3) is 0 Å². The molecule has 0 aromatic heterocycles. The first-order valence-electron chi connectivity index (χ1n) is 4.94. The Hall–Kier alpha value is -1.10. The first-order chi connectivity index (χ1) is 6.79. The fraction of sp³-hybridized carbons (Fsp3) is 0.800. The van der Waals surface area contributed by atoms with Gasteiger partial charge in [0, 0.05) is 0 Å². The highest BCUT2D eigenvalue weighted by molar-refractivity contribution is 5.89. The molecule has 0 saturated carbocycles. The summed E-state index contributed by atoms with van der Waals surface area (Å²) in [5.41, 5.74) is -0.545. The van der Waals surface area contributed by atoms with E-state index in [0.717, 1.165) is 0 Å². The summed E-state index contributed by atoms with van der Waals surface area (Å²) in [6, 6.07) is 0. The molecule has 15 heavy (non-hydrogen) atoms. The van der Waals surface area contributed by atoms with Gasteiger partial charge in [0.05, 0.1) is 12.6 Å². The van der Waals surface area contributed by atoms with Crippen LogP contribution < -0.4 is 5.32 Å². The van der Waals surface area contributed by atoms with Crippen LogP contribution in [0.5, 0.6) is 0 Å². The van der Waals surface area contributed by atoms with E-state index in [-0.39, 0.29) is 24.5 Å². The second kappa shape index (κ2) is 4.18. The zero-order valence-electron chi connectivity index (χ0n) is 9.49. The summed E-state index contributed by atoms with van der Waals surface area (Å²) in [5, 5.41) is 2.39. The summed E-state index contributed by atoms with van der Waals surface area (Å²) in [7, 11) is 0. The number of alkyl carbamates (subject to hydrolysis) is 1. The molecule has 5 nitrogen and oxygen atoms in total. The van der Waals surface area contributed by atoms with Crippen LogP contribution >= 0.6 is 0 Å². The van der Waals surface area contributed by atoms with Crippen LogP contribution in [0, 0.1) is 0 Å². The van der Waals surface area contributed by atoms with E-state index in [1.807, 2.05) is 6.92 Å². The number of carbonyl (C=O) groups is 2. The van der Waals surface area contributed by atoms with Crippen LogP contribution in [0.25, 0.3) is 0 Å². The van der Waals surface area contributed by atoms with E-state index in [1.54, 1.807) is 20.8 Å². The largest absolute Gasteiger partial charge is 0.444 e. The highest BCUT2D eigenvalue weighted by Crippen LogP contribution is 2.21. The van der Waals surface area contributed by atoms with Gasteiger partial charge in [-0.05, 0) is 27.7 Å². The summed E-state index contributed by atoms with van der Waals surface area (Å²) >= 11 is 0. The van der Waals surface area contributed by atoms with Crippen molar-refractivity contribution in [1.29, 1.82) is 0 Å². The third kappa shape index (κ3) is 4.29. The molecule has 0 aromatic carbocycles. The van der Waals surface area contributed by atoms with Crippen LogP contribution in [0.3, 0.4) is 0 Å². The highest BCUT2D eigenvalue weighted by atomic mass is 16.6. The third-order valence-electron chi connectivity index (χ3n) is 1.83. The highest BCUT2D eigenvalue weighted by Gasteiger charge is 2.40. The number of hydrogen-bond donors (Lipinski definition) is 1. The Kier molecular flexibility index (Phi) is 3.34. The average molecular weight is 215 g/mol. The maximum Gasteiger partial charge on any atom is 0.408 e. The van der Waals surface area contributed by atoms with E-state index in [4.69, 9.17) is 9.47 Å². The Morgan fingerprint density at radius 2 is 1.93 bits per heavy atom. The van der Waals surface area contributed by atoms with Gasteiger partial charge in [-0.3, -0.25) is 4.79 Å². The molecule has 5 heteroatoms. The normalized spacial score (nSPS) is 24.5. The van der Waals surface area contributed by atoms with Crippen molar-refractivity contribution in [1.82, 2.24) is 5.32 Å². The molecule has 0 aromatic rings. The summed E-state index contributed by atoms with van der Waals surface area (Å²) in [6.07, 6.45) is -0.943. The van der Waals surface area contributed by atoms with E-state index >= 15 is 0 Å². The van der Waals surface area contributed by atoms with Crippen LogP contribution in [0.1, 0.15) is 27.7 Å². The minimum atomic E-state index is -0.579. The monoisotopic (exact) mass is 215 g/mol. The molecular formula is C10H17NO4. The molecule has 0 aliphatic carbocycles. The number of carbonyl (C=O) groups excluding carboxylic acids is 2. The smallest absolute Gasteiger partial charge is 0.408 e. The summed E-state index contributed by atoms with van der Waals surface area (Å²) in [6.45, 7) is 7.07. The number of epoxide rings is 1. The maximum absolute atomic E-state index is 11.3. The third-order valence-corrected chi connectivity index (χ3v) is 1.83. The molecule has 0 bridgehead atoms. The van der Waals surface area contributed by atoms with Crippen molar-refractivity contribution in [2.45, 2.75) is 45.5 Å². The van der Waals surface area contributed by atoms with Gasteiger partial charge in [0.15, 0.2) is 5.78 Å². The second-order valence-electron chi connectivity index (χ2n) is 4.58. The molecule has 2 atom stereocenters. The Bertz CT molecular complexity index is 269. The van der Waals surface area contributed by atoms with E-state index in [0.29, 0.717) is 0 Å². The Balaban J connectivity index is 2.20. The lowest BCUT2D eigenvalue weighted by atomic mass is 10.2. The van der Waals surface area contributed by atoms with Crippen molar-refractivity contribution in [2.24, 2.45) is 0 Å². The number of hydrogen-bond acceptors (Lipinski definition) is 4. The molecule has 1 aliphatic heterocycles. The van der Waals surface area contributed by atoms with Gasteiger partial charge in [-0.2, -0.15) is 0 Å². The zero-order valence-corrected chi connectivity index (χ0v) is 9.49. The predicted octanol–water partition coefficient (Wildman–Crippen LogP) is 0.867. The van der Waals surface area contributed by atoms with Gasteiger partial charge in [-0.1, -0.05) is 0 Å². The molecular weight excluding hydrogens is 198 g/mol. The number of Topliss-reactive ketones (excluding diaryl/α,β-unsaturated/α-hetero) is 1.